The minimum atomic E-state index is 0.0337. The highest BCUT2D eigenvalue weighted by atomic mass is 16.1. The zero-order valence-corrected chi connectivity index (χ0v) is 14.4. The molecule has 0 spiro atoms. The molecule has 3 rings (SSSR count). The van der Waals surface area contributed by atoms with Crippen molar-refractivity contribution in [2.75, 3.05) is 19.6 Å². The number of nitrogens with zero attached hydrogens (tertiary/aromatic N) is 2. The molecule has 1 amide bonds. The number of nitrogens with one attached hydrogen (secondary N) is 1. The largest absolute Gasteiger partial charge is 0.350 e. The van der Waals surface area contributed by atoms with Crippen LogP contribution in [0.5, 0.6) is 0 Å². The number of hydrogen-bond acceptors (Lipinski definition) is 2. The summed E-state index contributed by atoms with van der Waals surface area (Å²) in [5, 5.41) is 4.30. The van der Waals surface area contributed by atoms with Crippen LogP contribution in [0.4, 0.5) is 0 Å². The highest BCUT2D eigenvalue weighted by Gasteiger charge is 2.23. The van der Waals surface area contributed by atoms with Gasteiger partial charge in [0, 0.05) is 35.9 Å². The number of likely N-dealkylation sites (tertiary alicyclic amines) is 1. The van der Waals surface area contributed by atoms with Crippen LogP contribution in [0.15, 0.2) is 30.5 Å². The van der Waals surface area contributed by atoms with Gasteiger partial charge in [-0.2, -0.15) is 0 Å². The molecule has 0 saturated carbocycles. The predicted molar refractivity (Wildman–Crippen MR) is 94.9 cm³/mol. The molecule has 1 aliphatic heterocycles. The third-order valence-electron chi connectivity index (χ3n) is 4.95. The zero-order chi connectivity index (χ0) is 16.4. The molecule has 0 radical (unpaired) electrons. The first-order valence-electron chi connectivity index (χ1n) is 8.73. The number of fused-ring (bicyclic) bond motifs is 1. The van der Waals surface area contributed by atoms with E-state index < -0.39 is 0 Å². The second-order valence-electron chi connectivity index (χ2n) is 6.73. The van der Waals surface area contributed by atoms with E-state index in [4.69, 9.17) is 0 Å². The van der Waals surface area contributed by atoms with Gasteiger partial charge in [0.15, 0.2) is 0 Å². The maximum Gasteiger partial charge on any atom is 0.251 e. The lowest BCUT2D eigenvalue weighted by Gasteiger charge is -2.22. The Morgan fingerprint density at radius 3 is 2.91 bits per heavy atom. The van der Waals surface area contributed by atoms with E-state index in [1.807, 2.05) is 18.2 Å². The summed E-state index contributed by atoms with van der Waals surface area (Å²) in [7, 11) is 0. The van der Waals surface area contributed by atoms with Crippen molar-refractivity contribution < 1.29 is 4.79 Å². The molecule has 1 fully saturated rings. The second-order valence-corrected chi connectivity index (χ2v) is 6.73. The van der Waals surface area contributed by atoms with E-state index in [2.05, 4.69) is 47.8 Å². The molecule has 1 aliphatic rings. The van der Waals surface area contributed by atoms with Crippen molar-refractivity contribution in [1.29, 1.82) is 0 Å². The molecule has 1 aromatic heterocycles. The van der Waals surface area contributed by atoms with E-state index in [-0.39, 0.29) is 5.91 Å². The van der Waals surface area contributed by atoms with Crippen molar-refractivity contribution in [1.82, 2.24) is 14.8 Å². The molecule has 0 unspecified atom stereocenters. The summed E-state index contributed by atoms with van der Waals surface area (Å²) in [5.74, 6) is 0.0337. The lowest BCUT2D eigenvalue weighted by Crippen LogP contribution is -2.40. The summed E-state index contributed by atoms with van der Waals surface area (Å²) in [6.07, 6.45) is 4.51. The molecule has 1 aromatic carbocycles. The Labute approximate surface area is 138 Å². The van der Waals surface area contributed by atoms with Gasteiger partial charge < -0.3 is 9.88 Å². The average Bonchev–Trinajstić information content (AvgIpc) is 3.17. The molecule has 23 heavy (non-hydrogen) atoms. The average molecular weight is 313 g/mol. The van der Waals surface area contributed by atoms with Crippen LogP contribution >= 0.6 is 0 Å². The fraction of sp³-hybridized carbons (Fsp3) is 0.526. The van der Waals surface area contributed by atoms with Gasteiger partial charge in [0.05, 0.1) is 0 Å². The SMILES string of the molecule is CCN1CCC[C@@H]1CNC(=O)c1ccc2ccn(C(C)C)c2c1. The quantitative estimate of drug-likeness (QED) is 0.918. The van der Waals surface area contributed by atoms with Crippen LogP contribution in [-0.2, 0) is 0 Å². The first-order chi connectivity index (χ1) is 11.1. The number of benzene rings is 1. The Morgan fingerprint density at radius 1 is 1.35 bits per heavy atom. The van der Waals surface area contributed by atoms with Crippen LogP contribution in [-0.4, -0.2) is 41.1 Å². The number of rotatable bonds is 5. The molecule has 1 atom stereocenters. The first kappa shape index (κ1) is 16.1. The zero-order valence-electron chi connectivity index (χ0n) is 14.4. The molecular formula is C19H27N3O. The van der Waals surface area contributed by atoms with Crippen LogP contribution in [0.3, 0.4) is 0 Å². The van der Waals surface area contributed by atoms with Gasteiger partial charge in [-0.25, -0.2) is 0 Å². The third-order valence-corrected chi connectivity index (χ3v) is 4.95. The van der Waals surface area contributed by atoms with Crippen LogP contribution in [0.1, 0.15) is 50.0 Å². The van der Waals surface area contributed by atoms with Gasteiger partial charge in [-0.05, 0) is 63.4 Å². The highest BCUT2D eigenvalue weighted by molar-refractivity contribution is 5.98. The lowest BCUT2D eigenvalue weighted by atomic mass is 10.1. The van der Waals surface area contributed by atoms with Crippen LogP contribution in [0.25, 0.3) is 10.9 Å². The highest BCUT2D eigenvalue weighted by Crippen LogP contribution is 2.21. The summed E-state index contributed by atoms with van der Waals surface area (Å²) < 4.78 is 2.21. The summed E-state index contributed by atoms with van der Waals surface area (Å²) in [5.41, 5.74) is 1.88. The van der Waals surface area contributed by atoms with E-state index in [0.717, 1.165) is 30.7 Å². The summed E-state index contributed by atoms with van der Waals surface area (Å²) in [6, 6.07) is 8.96. The van der Waals surface area contributed by atoms with E-state index in [1.165, 1.54) is 18.2 Å². The van der Waals surface area contributed by atoms with Crippen molar-refractivity contribution in [2.24, 2.45) is 0 Å². The van der Waals surface area contributed by atoms with Gasteiger partial charge in [-0.1, -0.05) is 13.0 Å². The molecule has 4 heteroatoms. The normalized spacial score (nSPS) is 18.9. The maximum absolute atomic E-state index is 12.5. The lowest BCUT2D eigenvalue weighted by molar-refractivity contribution is 0.0941. The number of hydrogen-bond donors (Lipinski definition) is 1. The fourth-order valence-electron chi connectivity index (χ4n) is 3.60. The predicted octanol–water partition coefficient (Wildman–Crippen LogP) is 3.44. The molecule has 4 nitrogen and oxygen atoms in total. The Bertz CT molecular complexity index is 689. The molecule has 124 valence electrons. The van der Waals surface area contributed by atoms with E-state index >= 15 is 0 Å². The fourth-order valence-corrected chi connectivity index (χ4v) is 3.60. The Morgan fingerprint density at radius 2 is 2.17 bits per heavy atom. The van der Waals surface area contributed by atoms with Crippen molar-refractivity contribution in [3.8, 4) is 0 Å². The van der Waals surface area contributed by atoms with Crippen LogP contribution in [0.2, 0.25) is 0 Å². The number of carbonyl (C=O) groups excluding carboxylic acids is 1. The number of carbonyl (C=O) groups is 1. The molecule has 2 heterocycles. The van der Waals surface area contributed by atoms with Crippen molar-refractivity contribution in [3.63, 3.8) is 0 Å². The topological polar surface area (TPSA) is 37.3 Å². The summed E-state index contributed by atoms with van der Waals surface area (Å²) in [4.78, 5) is 15.0. The van der Waals surface area contributed by atoms with Crippen molar-refractivity contribution in [2.45, 2.75) is 45.7 Å². The van der Waals surface area contributed by atoms with Gasteiger partial charge in [0.2, 0.25) is 0 Å². The molecular weight excluding hydrogens is 286 g/mol. The van der Waals surface area contributed by atoms with Crippen LogP contribution in [0, 0.1) is 0 Å². The Balaban J connectivity index is 1.72. The van der Waals surface area contributed by atoms with Gasteiger partial charge >= 0.3 is 0 Å². The minimum Gasteiger partial charge on any atom is -0.350 e. The number of likely N-dealkylation sites (N-methyl/N-ethyl adjacent to an activating group) is 1. The molecule has 2 aromatic rings. The van der Waals surface area contributed by atoms with Gasteiger partial charge in [-0.15, -0.1) is 0 Å². The minimum absolute atomic E-state index is 0.0337. The van der Waals surface area contributed by atoms with E-state index in [0.29, 0.717) is 12.1 Å². The number of aromatic nitrogens is 1. The van der Waals surface area contributed by atoms with Gasteiger partial charge in [0.25, 0.3) is 5.91 Å². The molecule has 1 N–H and O–H groups in total. The van der Waals surface area contributed by atoms with Gasteiger partial charge in [-0.3, -0.25) is 9.69 Å². The monoisotopic (exact) mass is 313 g/mol. The first-order valence-corrected chi connectivity index (χ1v) is 8.73. The summed E-state index contributed by atoms with van der Waals surface area (Å²) in [6.45, 7) is 9.47. The van der Waals surface area contributed by atoms with Crippen molar-refractivity contribution >= 4 is 16.8 Å². The van der Waals surface area contributed by atoms with Crippen LogP contribution < -0.4 is 5.32 Å². The Kier molecular flexibility index (Phi) is 4.71. The molecule has 0 bridgehead atoms. The van der Waals surface area contributed by atoms with E-state index in [1.54, 1.807) is 0 Å². The molecule has 0 aliphatic carbocycles. The molecule has 1 saturated heterocycles. The standard InChI is InChI=1S/C19H27N3O/c1-4-21-10-5-6-17(21)13-20-19(23)16-8-7-15-9-11-22(14(2)3)18(15)12-16/h7-9,11-12,14,17H,4-6,10,13H2,1-3H3,(H,20,23)/t17-/m1/s1. The van der Waals surface area contributed by atoms with Crippen molar-refractivity contribution in [3.05, 3.63) is 36.0 Å². The van der Waals surface area contributed by atoms with E-state index in [9.17, 15) is 4.79 Å². The summed E-state index contributed by atoms with van der Waals surface area (Å²) >= 11 is 0. The Hall–Kier alpha value is -1.81. The van der Waals surface area contributed by atoms with Gasteiger partial charge in [0.1, 0.15) is 0 Å². The third kappa shape index (κ3) is 3.27. The smallest absolute Gasteiger partial charge is 0.251 e. The second kappa shape index (κ2) is 6.75. The maximum atomic E-state index is 12.5. The number of amides is 1.